The summed E-state index contributed by atoms with van der Waals surface area (Å²) in [4.78, 5) is 14.5. The van der Waals surface area contributed by atoms with Gasteiger partial charge in [0, 0.05) is 18.0 Å². The van der Waals surface area contributed by atoms with E-state index in [-0.39, 0.29) is 11.3 Å². The minimum absolute atomic E-state index is 0.0481. The van der Waals surface area contributed by atoms with Gasteiger partial charge in [-0.25, -0.2) is 0 Å². The Morgan fingerprint density at radius 2 is 2.14 bits per heavy atom. The number of hydrogen-bond donors (Lipinski definition) is 1. The first-order chi connectivity index (χ1) is 9.91. The highest BCUT2D eigenvalue weighted by molar-refractivity contribution is 5.92. The second kappa shape index (κ2) is 6.52. The van der Waals surface area contributed by atoms with Crippen molar-refractivity contribution in [3.8, 4) is 0 Å². The smallest absolute Gasteiger partial charge is 0.271 e. The van der Waals surface area contributed by atoms with Gasteiger partial charge < -0.3 is 5.32 Å². The summed E-state index contributed by atoms with van der Waals surface area (Å²) in [6.45, 7) is 11.3. The Bertz CT molecular complexity index is 478. The first-order valence-corrected chi connectivity index (χ1v) is 7.78. The number of likely N-dealkylation sites (N-methyl/N-ethyl adjacent to an activating group) is 1. The van der Waals surface area contributed by atoms with Gasteiger partial charge in [0.1, 0.15) is 0 Å². The van der Waals surface area contributed by atoms with Crippen LogP contribution in [0, 0.1) is 0 Å². The Morgan fingerprint density at radius 1 is 1.38 bits per heavy atom. The standard InChI is InChI=1S/C16H26N4O/c1-5-20-10-6-7-12(20)11-17-15(21)13-8-9-14(19-18-13)16(2,3)4/h8-9,12H,5-7,10-11H2,1-4H3,(H,17,21). The molecule has 5 heteroatoms. The average molecular weight is 290 g/mol. The van der Waals surface area contributed by atoms with E-state index in [1.54, 1.807) is 6.07 Å². The molecule has 116 valence electrons. The number of nitrogens with one attached hydrogen (secondary N) is 1. The molecule has 0 bridgehead atoms. The molecular weight excluding hydrogens is 264 g/mol. The van der Waals surface area contributed by atoms with Crippen molar-refractivity contribution in [1.82, 2.24) is 20.4 Å². The number of hydrogen-bond acceptors (Lipinski definition) is 4. The zero-order chi connectivity index (χ0) is 15.5. The van der Waals surface area contributed by atoms with E-state index in [9.17, 15) is 4.79 Å². The quantitative estimate of drug-likeness (QED) is 0.921. The lowest BCUT2D eigenvalue weighted by atomic mass is 9.92. The van der Waals surface area contributed by atoms with E-state index in [2.05, 4.69) is 48.1 Å². The van der Waals surface area contributed by atoms with Crippen LogP contribution in [-0.2, 0) is 5.41 Å². The summed E-state index contributed by atoms with van der Waals surface area (Å²) in [6, 6.07) is 4.10. The molecule has 1 aliphatic rings. The average Bonchev–Trinajstić information content (AvgIpc) is 2.91. The fraction of sp³-hybridized carbons (Fsp3) is 0.688. The molecule has 1 amide bonds. The molecule has 2 rings (SSSR count). The summed E-state index contributed by atoms with van der Waals surface area (Å²) in [6.07, 6.45) is 2.37. The van der Waals surface area contributed by atoms with Crippen molar-refractivity contribution in [2.75, 3.05) is 19.6 Å². The highest BCUT2D eigenvalue weighted by atomic mass is 16.1. The number of carbonyl (C=O) groups excluding carboxylic acids is 1. The number of likely N-dealkylation sites (tertiary alicyclic amines) is 1. The van der Waals surface area contributed by atoms with Crippen LogP contribution in [0.4, 0.5) is 0 Å². The summed E-state index contributed by atoms with van der Waals surface area (Å²) in [5.41, 5.74) is 1.24. The van der Waals surface area contributed by atoms with E-state index in [1.165, 1.54) is 6.42 Å². The number of carbonyl (C=O) groups is 1. The number of amides is 1. The third kappa shape index (κ3) is 4.00. The largest absolute Gasteiger partial charge is 0.349 e. The Morgan fingerprint density at radius 3 is 2.71 bits per heavy atom. The summed E-state index contributed by atoms with van der Waals surface area (Å²) in [5.74, 6) is -0.133. The maximum Gasteiger partial charge on any atom is 0.271 e. The molecule has 0 saturated carbocycles. The molecule has 1 saturated heterocycles. The maximum absolute atomic E-state index is 12.1. The van der Waals surface area contributed by atoms with Crippen LogP contribution in [0.1, 0.15) is 56.7 Å². The minimum Gasteiger partial charge on any atom is -0.349 e. The Hall–Kier alpha value is -1.49. The highest BCUT2D eigenvalue weighted by Crippen LogP contribution is 2.19. The van der Waals surface area contributed by atoms with E-state index in [1.807, 2.05) is 6.07 Å². The molecule has 1 unspecified atom stereocenters. The molecule has 0 aliphatic carbocycles. The molecule has 0 spiro atoms. The van der Waals surface area contributed by atoms with E-state index in [0.717, 1.165) is 25.2 Å². The second-order valence-electron chi connectivity index (χ2n) is 6.69. The monoisotopic (exact) mass is 290 g/mol. The van der Waals surface area contributed by atoms with E-state index < -0.39 is 0 Å². The predicted octanol–water partition coefficient (Wildman–Crippen LogP) is 1.99. The van der Waals surface area contributed by atoms with Crippen molar-refractivity contribution < 1.29 is 4.79 Å². The third-order valence-corrected chi connectivity index (χ3v) is 4.07. The summed E-state index contributed by atoms with van der Waals surface area (Å²) < 4.78 is 0. The topological polar surface area (TPSA) is 58.1 Å². The highest BCUT2D eigenvalue weighted by Gasteiger charge is 2.23. The van der Waals surface area contributed by atoms with E-state index in [0.29, 0.717) is 18.3 Å². The van der Waals surface area contributed by atoms with Gasteiger partial charge in [-0.2, -0.15) is 5.10 Å². The van der Waals surface area contributed by atoms with Crippen LogP contribution in [-0.4, -0.2) is 46.7 Å². The molecule has 21 heavy (non-hydrogen) atoms. The van der Waals surface area contributed by atoms with Crippen LogP contribution < -0.4 is 5.32 Å². The van der Waals surface area contributed by atoms with Gasteiger partial charge >= 0.3 is 0 Å². The first kappa shape index (κ1) is 15.9. The molecule has 0 radical (unpaired) electrons. The third-order valence-electron chi connectivity index (χ3n) is 4.07. The van der Waals surface area contributed by atoms with Crippen LogP contribution in [0.2, 0.25) is 0 Å². The summed E-state index contributed by atoms with van der Waals surface area (Å²) >= 11 is 0. The fourth-order valence-electron chi connectivity index (χ4n) is 2.70. The number of aromatic nitrogens is 2. The number of nitrogens with zero attached hydrogens (tertiary/aromatic N) is 3. The molecule has 0 aromatic carbocycles. The Balaban J connectivity index is 1.91. The van der Waals surface area contributed by atoms with Crippen molar-refractivity contribution in [3.05, 3.63) is 23.5 Å². The normalized spacial score (nSPS) is 19.7. The molecular formula is C16H26N4O. The lowest BCUT2D eigenvalue weighted by Gasteiger charge is -2.22. The van der Waals surface area contributed by atoms with Crippen molar-refractivity contribution in [3.63, 3.8) is 0 Å². The van der Waals surface area contributed by atoms with Gasteiger partial charge in [0.15, 0.2) is 5.69 Å². The van der Waals surface area contributed by atoms with Gasteiger partial charge in [-0.3, -0.25) is 9.69 Å². The van der Waals surface area contributed by atoms with Gasteiger partial charge in [-0.1, -0.05) is 27.7 Å². The SMILES string of the molecule is CCN1CCCC1CNC(=O)c1ccc(C(C)(C)C)nn1. The zero-order valence-electron chi connectivity index (χ0n) is 13.5. The van der Waals surface area contributed by atoms with Gasteiger partial charge in [-0.15, -0.1) is 5.10 Å². The molecule has 1 fully saturated rings. The lowest BCUT2D eigenvalue weighted by molar-refractivity contribution is 0.0935. The van der Waals surface area contributed by atoms with Crippen LogP contribution in [0.25, 0.3) is 0 Å². The molecule has 1 aliphatic heterocycles. The number of rotatable bonds is 4. The summed E-state index contributed by atoms with van der Waals surface area (Å²) in [7, 11) is 0. The van der Waals surface area contributed by atoms with Crippen molar-refractivity contribution in [2.24, 2.45) is 0 Å². The Labute approximate surface area is 127 Å². The van der Waals surface area contributed by atoms with Gasteiger partial charge in [0.2, 0.25) is 0 Å². The van der Waals surface area contributed by atoms with Crippen molar-refractivity contribution in [1.29, 1.82) is 0 Å². The molecule has 1 atom stereocenters. The van der Waals surface area contributed by atoms with E-state index >= 15 is 0 Å². The molecule has 1 N–H and O–H groups in total. The molecule has 1 aromatic rings. The van der Waals surface area contributed by atoms with Gasteiger partial charge in [0.25, 0.3) is 5.91 Å². The van der Waals surface area contributed by atoms with Crippen molar-refractivity contribution in [2.45, 2.75) is 52.0 Å². The van der Waals surface area contributed by atoms with Crippen LogP contribution in [0.3, 0.4) is 0 Å². The van der Waals surface area contributed by atoms with Gasteiger partial charge in [0.05, 0.1) is 5.69 Å². The minimum atomic E-state index is -0.133. The Kier molecular flexibility index (Phi) is 4.93. The van der Waals surface area contributed by atoms with Crippen LogP contribution in [0.15, 0.2) is 12.1 Å². The van der Waals surface area contributed by atoms with Crippen molar-refractivity contribution >= 4 is 5.91 Å². The fourth-order valence-corrected chi connectivity index (χ4v) is 2.70. The van der Waals surface area contributed by atoms with Gasteiger partial charge in [-0.05, 0) is 38.1 Å². The lowest BCUT2D eigenvalue weighted by Crippen LogP contribution is -2.40. The first-order valence-electron chi connectivity index (χ1n) is 7.78. The maximum atomic E-state index is 12.1. The second-order valence-corrected chi connectivity index (χ2v) is 6.69. The molecule has 2 heterocycles. The zero-order valence-corrected chi connectivity index (χ0v) is 13.5. The van der Waals surface area contributed by atoms with E-state index in [4.69, 9.17) is 0 Å². The van der Waals surface area contributed by atoms with Crippen LogP contribution >= 0.6 is 0 Å². The van der Waals surface area contributed by atoms with Crippen LogP contribution in [0.5, 0.6) is 0 Å². The molecule has 5 nitrogen and oxygen atoms in total. The predicted molar refractivity (Wildman–Crippen MR) is 83.3 cm³/mol. The summed E-state index contributed by atoms with van der Waals surface area (Å²) in [5, 5.41) is 11.2. The molecule has 1 aromatic heterocycles.